The largest absolute Gasteiger partial charge is 0.416 e. The number of halogens is 3. The summed E-state index contributed by atoms with van der Waals surface area (Å²) in [6.07, 6.45) is -1.49. The lowest BCUT2D eigenvalue weighted by atomic mass is 10.1. The lowest BCUT2D eigenvalue weighted by Gasteiger charge is -2.26. The van der Waals surface area contributed by atoms with E-state index in [-0.39, 0.29) is 12.1 Å². The second-order valence-electron chi connectivity index (χ2n) is 6.86. The number of thiophene rings is 1. The molecule has 1 aromatic heterocycles. The normalized spacial score (nSPS) is 16.1. The number of alkyl halides is 3. The number of amides is 2. The molecule has 1 saturated heterocycles. The molecule has 0 saturated carbocycles. The maximum absolute atomic E-state index is 12.6. The van der Waals surface area contributed by atoms with Crippen LogP contribution in [-0.4, -0.2) is 37.1 Å². The molecule has 2 N–H and O–H groups in total. The third kappa shape index (κ3) is 5.72. The van der Waals surface area contributed by atoms with Gasteiger partial charge in [-0.05, 0) is 61.5 Å². The zero-order valence-corrected chi connectivity index (χ0v) is 16.3. The number of benzene rings is 1. The maximum atomic E-state index is 12.6. The molecule has 1 aliphatic rings. The first-order valence-electron chi connectivity index (χ1n) is 9.39. The summed E-state index contributed by atoms with van der Waals surface area (Å²) in [6, 6.07) is 9.07. The van der Waals surface area contributed by atoms with Gasteiger partial charge in [0.25, 0.3) is 0 Å². The SMILES string of the molecule is O=C(NCCc1ccc(C(F)(F)F)cc1)NCC(c1cccs1)N1CCCC1. The standard InChI is InChI=1S/C20H24F3N3OS/c21-20(22,23)16-7-5-15(6-8-16)9-10-24-19(27)25-14-17(18-4-3-13-28-18)26-11-1-2-12-26/h3-8,13,17H,1-2,9-12,14H2,(H2,24,25,27). The highest BCUT2D eigenvalue weighted by atomic mass is 32.1. The molecule has 1 atom stereocenters. The molecule has 0 aliphatic carbocycles. The summed E-state index contributed by atoms with van der Waals surface area (Å²) in [4.78, 5) is 15.8. The fourth-order valence-electron chi connectivity index (χ4n) is 3.38. The summed E-state index contributed by atoms with van der Waals surface area (Å²) in [7, 11) is 0. The van der Waals surface area contributed by atoms with Crippen LogP contribution in [0.5, 0.6) is 0 Å². The Morgan fingerprint density at radius 3 is 2.43 bits per heavy atom. The van der Waals surface area contributed by atoms with E-state index in [9.17, 15) is 18.0 Å². The van der Waals surface area contributed by atoms with Crippen molar-refractivity contribution < 1.29 is 18.0 Å². The van der Waals surface area contributed by atoms with Crippen molar-refractivity contribution in [3.63, 3.8) is 0 Å². The molecule has 152 valence electrons. The second-order valence-corrected chi connectivity index (χ2v) is 7.84. The van der Waals surface area contributed by atoms with Gasteiger partial charge in [-0.25, -0.2) is 4.79 Å². The van der Waals surface area contributed by atoms with Gasteiger partial charge in [0.2, 0.25) is 0 Å². The van der Waals surface area contributed by atoms with Gasteiger partial charge in [-0.1, -0.05) is 18.2 Å². The van der Waals surface area contributed by atoms with Crippen molar-refractivity contribution in [1.29, 1.82) is 0 Å². The number of likely N-dealkylation sites (tertiary alicyclic amines) is 1. The third-order valence-electron chi connectivity index (χ3n) is 4.89. The molecule has 4 nitrogen and oxygen atoms in total. The van der Waals surface area contributed by atoms with E-state index >= 15 is 0 Å². The summed E-state index contributed by atoms with van der Waals surface area (Å²) in [5.41, 5.74) is 0.0883. The second kappa shape index (κ2) is 9.43. The predicted octanol–water partition coefficient (Wildman–Crippen LogP) is 4.45. The number of hydrogen-bond acceptors (Lipinski definition) is 3. The number of carbonyl (C=O) groups excluding carboxylic acids is 1. The Hall–Kier alpha value is -2.06. The molecule has 1 fully saturated rings. The van der Waals surface area contributed by atoms with Crippen molar-refractivity contribution in [2.45, 2.75) is 31.5 Å². The van der Waals surface area contributed by atoms with Gasteiger partial charge in [-0.2, -0.15) is 13.2 Å². The molecular weight excluding hydrogens is 387 g/mol. The van der Waals surface area contributed by atoms with Crippen molar-refractivity contribution in [2.24, 2.45) is 0 Å². The zero-order valence-electron chi connectivity index (χ0n) is 15.5. The number of urea groups is 1. The van der Waals surface area contributed by atoms with Gasteiger partial charge in [0.1, 0.15) is 0 Å². The van der Waals surface area contributed by atoms with Crippen molar-refractivity contribution in [2.75, 3.05) is 26.2 Å². The molecule has 0 spiro atoms. The Bertz CT molecular complexity index is 741. The highest BCUT2D eigenvalue weighted by molar-refractivity contribution is 7.10. The minimum atomic E-state index is -4.33. The molecule has 28 heavy (non-hydrogen) atoms. The van der Waals surface area contributed by atoms with E-state index in [0.29, 0.717) is 19.5 Å². The van der Waals surface area contributed by atoms with Crippen molar-refractivity contribution in [3.05, 3.63) is 57.8 Å². The molecule has 1 aromatic carbocycles. The van der Waals surface area contributed by atoms with Crippen molar-refractivity contribution >= 4 is 17.4 Å². The Balaban J connectivity index is 1.43. The van der Waals surface area contributed by atoms with Crippen LogP contribution in [0.3, 0.4) is 0 Å². The van der Waals surface area contributed by atoms with Gasteiger partial charge in [0.05, 0.1) is 11.6 Å². The third-order valence-corrected chi connectivity index (χ3v) is 5.86. The highest BCUT2D eigenvalue weighted by Gasteiger charge is 2.30. The summed E-state index contributed by atoms with van der Waals surface area (Å²) in [5, 5.41) is 7.75. The van der Waals surface area contributed by atoms with Gasteiger partial charge >= 0.3 is 12.2 Å². The molecular formula is C20H24F3N3OS. The van der Waals surface area contributed by atoms with Gasteiger partial charge in [-0.3, -0.25) is 4.90 Å². The van der Waals surface area contributed by atoms with E-state index in [2.05, 4.69) is 21.6 Å². The molecule has 2 amide bonds. The maximum Gasteiger partial charge on any atom is 0.416 e. The summed E-state index contributed by atoms with van der Waals surface area (Å²) < 4.78 is 37.7. The van der Waals surface area contributed by atoms with Gasteiger partial charge < -0.3 is 10.6 Å². The number of hydrogen-bond donors (Lipinski definition) is 2. The Morgan fingerprint density at radius 1 is 1.11 bits per heavy atom. The summed E-state index contributed by atoms with van der Waals surface area (Å²) >= 11 is 1.69. The van der Waals surface area contributed by atoms with Crippen LogP contribution in [0, 0.1) is 0 Å². The number of carbonyl (C=O) groups is 1. The van der Waals surface area contributed by atoms with Crippen LogP contribution in [0.4, 0.5) is 18.0 Å². The number of nitrogens with zero attached hydrogens (tertiary/aromatic N) is 1. The van der Waals surface area contributed by atoms with E-state index in [0.717, 1.165) is 30.8 Å². The summed E-state index contributed by atoms with van der Waals surface area (Å²) in [5.74, 6) is 0. The first-order valence-corrected chi connectivity index (χ1v) is 10.3. The lowest BCUT2D eigenvalue weighted by Crippen LogP contribution is -2.41. The fourth-order valence-corrected chi connectivity index (χ4v) is 4.24. The molecule has 3 rings (SSSR count). The average molecular weight is 411 g/mol. The average Bonchev–Trinajstić information content (AvgIpc) is 3.36. The number of nitrogens with one attached hydrogen (secondary N) is 2. The molecule has 2 heterocycles. The van der Waals surface area contributed by atoms with Crippen LogP contribution in [0.2, 0.25) is 0 Å². The molecule has 1 unspecified atom stereocenters. The zero-order chi connectivity index (χ0) is 20.0. The Labute approximate surface area is 166 Å². The number of rotatable bonds is 7. The van der Waals surface area contributed by atoms with Gasteiger partial charge in [0.15, 0.2) is 0 Å². The van der Waals surface area contributed by atoms with Crippen LogP contribution >= 0.6 is 11.3 Å². The topological polar surface area (TPSA) is 44.4 Å². The monoisotopic (exact) mass is 411 g/mol. The van der Waals surface area contributed by atoms with Crippen LogP contribution in [0.15, 0.2) is 41.8 Å². The predicted molar refractivity (Wildman–Crippen MR) is 104 cm³/mol. The quantitative estimate of drug-likeness (QED) is 0.707. The van der Waals surface area contributed by atoms with E-state index < -0.39 is 11.7 Å². The smallest absolute Gasteiger partial charge is 0.338 e. The van der Waals surface area contributed by atoms with E-state index in [1.54, 1.807) is 11.3 Å². The van der Waals surface area contributed by atoms with Crippen molar-refractivity contribution in [3.8, 4) is 0 Å². The first kappa shape index (κ1) is 20.7. The van der Waals surface area contributed by atoms with Crippen molar-refractivity contribution in [1.82, 2.24) is 15.5 Å². The lowest BCUT2D eigenvalue weighted by molar-refractivity contribution is -0.137. The van der Waals surface area contributed by atoms with Gasteiger partial charge in [-0.15, -0.1) is 11.3 Å². The minimum absolute atomic E-state index is 0.183. The van der Waals surface area contributed by atoms with Crippen LogP contribution < -0.4 is 10.6 Å². The molecule has 2 aromatic rings. The fraction of sp³-hybridized carbons (Fsp3) is 0.450. The molecule has 0 radical (unpaired) electrons. The van der Waals surface area contributed by atoms with Gasteiger partial charge in [0, 0.05) is 18.0 Å². The van der Waals surface area contributed by atoms with E-state index in [4.69, 9.17) is 0 Å². The first-order chi connectivity index (χ1) is 13.4. The Morgan fingerprint density at radius 2 is 1.82 bits per heavy atom. The van der Waals surface area contributed by atoms with E-state index in [1.165, 1.54) is 29.9 Å². The minimum Gasteiger partial charge on any atom is -0.338 e. The van der Waals surface area contributed by atoms with Crippen LogP contribution in [0.25, 0.3) is 0 Å². The van der Waals surface area contributed by atoms with Crippen LogP contribution in [-0.2, 0) is 12.6 Å². The molecule has 0 bridgehead atoms. The molecule has 8 heteroatoms. The van der Waals surface area contributed by atoms with Crippen LogP contribution in [0.1, 0.15) is 34.9 Å². The van der Waals surface area contributed by atoms with E-state index in [1.807, 2.05) is 11.4 Å². The molecule has 1 aliphatic heterocycles. The Kier molecular flexibility index (Phi) is 6.96. The summed E-state index contributed by atoms with van der Waals surface area (Å²) in [6.45, 7) is 2.98. The highest BCUT2D eigenvalue weighted by Crippen LogP contribution is 2.29.